The van der Waals surface area contributed by atoms with Crippen LogP contribution in [0.25, 0.3) is 27.8 Å². The van der Waals surface area contributed by atoms with Gasteiger partial charge in [0.2, 0.25) is 5.95 Å². The molecular weight excluding hydrogens is 352 g/mol. The zero-order valence-electron chi connectivity index (χ0n) is 15.3. The van der Waals surface area contributed by atoms with Crippen LogP contribution in [-0.4, -0.2) is 19.1 Å². The first kappa shape index (κ1) is 15.7. The van der Waals surface area contributed by atoms with E-state index in [1.165, 1.54) is 0 Å². The third-order valence-corrected chi connectivity index (χ3v) is 6.26. The number of nitrogens with zero attached hydrogens (tertiary/aromatic N) is 4. The summed E-state index contributed by atoms with van der Waals surface area (Å²) in [5.41, 5.74) is 0.451. The number of hydrogen-bond acceptors (Lipinski definition) is 4. The van der Waals surface area contributed by atoms with E-state index in [9.17, 15) is 9.59 Å². The number of fused-ring (bicyclic) bond motifs is 7. The Hall–Kier alpha value is -3.28. The third-order valence-electron chi connectivity index (χ3n) is 6.26. The van der Waals surface area contributed by atoms with Crippen molar-refractivity contribution in [2.75, 3.05) is 0 Å². The molecular formula is C22H18N4O2. The van der Waals surface area contributed by atoms with Gasteiger partial charge in [-0.05, 0) is 37.1 Å². The average Bonchev–Trinajstić information content (AvgIpc) is 2.99. The normalized spacial score (nSPS) is 17.1. The fourth-order valence-corrected chi connectivity index (χ4v) is 4.97. The summed E-state index contributed by atoms with van der Waals surface area (Å²) in [4.78, 5) is 36.6. The van der Waals surface area contributed by atoms with Crippen LogP contribution in [0.15, 0.2) is 58.1 Å². The Kier molecular flexibility index (Phi) is 3.02. The van der Waals surface area contributed by atoms with E-state index >= 15 is 0 Å². The molecule has 6 rings (SSSR count). The van der Waals surface area contributed by atoms with Crippen molar-refractivity contribution in [3.05, 3.63) is 75.1 Å². The van der Waals surface area contributed by atoms with Crippen molar-refractivity contribution in [1.82, 2.24) is 19.1 Å². The molecule has 0 bridgehead atoms. The van der Waals surface area contributed by atoms with E-state index in [-0.39, 0.29) is 11.1 Å². The summed E-state index contributed by atoms with van der Waals surface area (Å²) in [6, 6.07) is 14.7. The van der Waals surface area contributed by atoms with Gasteiger partial charge in [0, 0.05) is 0 Å². The van der Waals surface area contributed by atoms with Gasteiger partial charge in [-0.3, -0.25) is 14.2 Å². The Morgan fingerprint density at radius 2 is 1.36 bits per heavy atom. The minimum Gasteiger partial charge on any atom is -0.268 e. The van der Waals surface area contributed by atoms with Crippen LogP contribution in [0.1, 0.15) is 37.9 Å². The van der Waals surface area contributed by atoms with Crippen LogP contribution in [0, 0.1) is 0 Å². The average molecular weight is 370 g/mol. The third kappa shape index (κ3) is 1.82. The number of aromatic nitrogens is 4. The molecule has 0 saturated heterocycles. The van der Waals surface area contributed by atoms with Gasteiger partial charge >= 0.3 is 0 Å². The Labute approximate surface area is 160 Å². The van der Waals surface area contributed by atoms with Crippen molar-refractivity contribution in [3.63, 3.8) is 0 Å². The maximum Gasteiger partial charge on any atom is 0.268 e. The van der Waals surface area contributed by atoms with Gasteiger partial charge in [-0.1, -0.05) is 43.5 Å². The van der Waals surface area contributed by atoms with Gasteiger partial charge in [0.05, 0.1) is 21.8 Å². The van der Waals surface area contributed by atoms with E-state index in [4.69, 9.17) is 9.97 Å². The monoisotopic (exact) mass is 370 g/mol. The SMILES string of the molecule is O=c1c2ccccc2nc2n1-c1nc3ccccc3c(=O)n1C21CCCCC1. The summed E-state index contributed by atoms with van der Waals surface area (Å²) < 4.78 is 3.35. The molecule has 1 saturated carbocycles. The van der Waals surface area contributed by atoms with Gasteiger partial charge < -0.3 is 0 Å². The lowest BCUT2D eigenvalue weighted by molar-refractivity contribution is 0.244. The molecule has 4 aromatic rings. The largest absolute Gasteiger partial charge is 0.268 e. The van der Waals surface area contributed by atoms with E-state index in [2.05, 4.69) is 0 Å². The second kappa shape index (κ2) is 5.38. The molecule has 0 amide bonds. The van der Waals surface area contributed by atoms with E-state index in [1.807, 2.05) is 42.5 Å². The molecule has 2 aromatic heterocycles. The van der Waals surface area contributed by atoms with Crippen LogP contribution in [0.2, 0.25) is 0 Å². The quantitative estimate of drug-likeness (QED) is 0.477. The van der Waals surface area contributed by atoms with Crippen molar-refractivity contribution in [2.45, 2.75) is 37.6 Å². The minimum absolute atomic E-state index is 0.0866. The number of rotatable bonds is 0. The van der Waals surface area contributed by atoms with Gasteiger partial charge in [0.25, 0.3) is 11.1 Å². The molecule has 0 radical (unpaired) electrons. The molecule has 6 nitrogen and oxygen atoms in total. The zero-order chi connectivity index (χ0) is 18.9. The van der Waals surface area contributed by atoms with E-state index in [0.717, 1.165) is 32.1 Å². The second-order valence-corrected chi connectivity index (χ2v) is 7.75. The van der Waals surface area contributed by atoms with Crippen molar-refractivity contribution in [3.8, 4) is 5.95 Å². The Morgan fingerprint density at radius 1 is 0.750 bits per heavy atom. The predicted molar refractivity (Wildman–Crippen MR) is 107 cm³/mol. The van der Waals surface area contributed by atoms with E-state index < -0.39 is 5.54 Å². The predicted octanol–water partition coefficient (Wildman–Crippen LogP) is 3.12. The Balaban J connectivity index is 1.84. The van der Waals surface area contributed by atoms with Gasteiger partial charge in [-0.15, -0.1) is 0 Å². The maximum atomic E-state index is 13.5. The first-order valence-corrected chi connectivity index (χ1v) is 9.76. The summed E-state index contributed by atoms with van der Waals surface area (Å²) in [6.45, 7) is 0. The topological polar surface area (TPSA) is 69.8 Å². The van der Waals surface area contributed by atoms with Crippen LogP contribution in [-0.2, 0) is 5.54 Å². The van der Waals surface area contributed by atoms with Crippen LogP contribution in [0.5, 0.6) is 0 Å². The molecule has 1 aliphatic heterocycles. The van der Waals surface area contributed by atoms with Crippen molar-refractivity contribution >= 4 is 21.8 Å². The summed E-state index contributed by atoms with van der Waals surface area (Å²) >= 11 is 0. The van der Waals surface area contributed by atoms with Gasteiger partial charge in [-0.25, -0.2) is 14.5 Å². The fourth-order valence-electron chi connectivity index (χ4n) is 4.97. The highest BCUT2D eigenvalue weighted by Gasteiger charge is 2.48. The second-order valence-electron chi connectivity index (χ2n) is 7.75. The Bertz CT molecular complexity index is 1390. The van der Waals surface area contributed by atoms with Crippen LogP contribution in [0.4, 0.5) is 0 Å². The molecule has 0 unspecified atom stereocenters. The molecule has 1 aliphatic carbocycles. The number of para-hydroxylation sites is 2. The fraction of sp³-hybridized carbons (Fsp3) is 0.273. The first-order chi connectivity index (χ1) is 13.7. The smallest absolute Gasteiger partial charge is 0.268 e. The first-order valence-electron chi connectivity index (χ1n) is 9.76. The number of hydrogen-bond donors (Lipinski definition) is 0. The van der Waals surface area contributed by atoms with Crippen LogP contribution < -0.4 is 11.1 Å². The highest BCUT2D eigenvalue weighted by Crippen LogP contribution is 2.44. The molecule has 138 valence electrons. The molecule has 2 aliphatic rings. The maximum absolute atomic E-state index is 13.5. The standard InChI is InChI=1S/C22H18N4O2/c27-18-14-8-2-4-10-16(14)23-20-22(12-6-1-7-13-22)26-19(28)15-9-3-5-11-17(15)24-21(26)25(18)20/h2-5,8-11H,1,6-7,12-13H2. The van der Waals surface area contributed by atoms with E-state index in [0.29, 0.717) is 33.6 Å². The van der Waals surface area contributed by atoms with E-state index in [1.54, 1.807) is 15.2 Å². The van der Waals surface area contributed by atoms with Crippen LogP contribution in [0.3, 0.4) is 0 Å². The molecule has 1 spiro atoms. The van der Waals surface area contributed by atoms with Crippen molar-refractivity contribution < 1.29 is 0 Å². The summed E-state index contributed by atoms with van der Waals surface area (Å²) in [6.07, 6.45) is 4.73. The van der Waals surface area contributed by atoms with Crippen molar-refractivity contribution in [2.24, 2.45) is 0 Å². The van der Waals surface area contributed by atoms with Gasteiger partial charge in [0.15, 0.2) is 0 Å². The van der Waals surface area contributed by atoms with Gasteiger partial charge in [0.1, 0.15) is 11.4 Å². The lowest BCUT2D eigenvalue weighted by Gasteiger charge is -2.34. The molecule has 0 atom stereocenters. The van der Waals surface area contributed by atoms with Gasteiger partial charge in [-0.2, -0.15) is 0 Å². The molecule has 3 heterocycles. The molecule has 28 heavy (non-hydrogen) atoms. The van der Waals surface area contributed by atoms with Crippen LogP contribution >= 0.6 is 0 Å². The summed E-state index contributed by atoms with van der Waals surface area (Å²) in [5, 5.41) is 1.13. The highest BCUT2D eigenvalue weighted by atomic mass is 16.1. The van der Waals surface area contributed by atoms with Crippen molar-refractivity contribution in [1.29, 1.82) is 0 Å². The molecule has 6 heteroatoms. The molecule has 1 fully saturated rings. The lowest BCUT2D eigenvalue weighted by atomic mass is 9.81. The molecule has 0 N–H and O–H groups in total. The lowest BCUT2D eigenvalue weighted by Crippen LogP contribution is -2.42. The zero-order valence-corrected chi connectivity index (χ0v) is 15.3. The highest BCUT2D eigenvalue weighted by molar-refractivity contribution is 5.80. The number of benzene rings is 2. The summed E-state index contributed by atoms with van der Waals surface area (Å²) in [7, 11) is 0. The summed E-state index contributed by atoms with van der Waals surface area (Å²) in [5.74, 6) is 1.07. The Morgan fingerprint density at radius 3 is 2.07 bits per heavy atom. The minimum atomic E-state index is -0.592. The molecule has 2 aromatic carbocycles.